The number of carbonyl (C=O) groups is 1. The molecule has 2 unspecified atom stereocenters. The van der Waals surface area contributed by atoms with Crippen LogP contribution in [0.15, 0.2) is 35.4 Å². The summed E-state index contributed by atoms with van der Waals surface area (Å²) < 4.78 is 21.6. The molecule has 0 aromatic heterocycles. The van der Waals surface area contributed by atoms with Crippen molar-refractivity contribution in [3.63, 3.8) is 0 Å². The number of rotatable bonds is 25. The van der Waals surface area contributed by atoms with Crippen LogP contribution in [0.2, 0.25) is 0 Å². The lowest BCUT2D eigenvalue weighted by atomic mass is 10.0. The number of hydrogen-bond donors (Lipinski definition) is 2. The van der Waals surface area contributed by atoms with E-state index in [2.05, 4.69) is 30.3 Å². The van der Waals surface area contributed by atoms with Crippen molar-refractivity contribution in [3.05, 3.63) is 40.9 Å². The van der Waals surface area contributed by atoms with Crippen LogP contribution in [0.1, 0.15) is 109 Å². The molecule has 1 aliphatic rings. The monoisotopic (exact) mass is 626 g/mol. The lowest BCUT2D eigenvalue weighted by molar-refractivity contribution is 0.00598. The number of amides is 1. The van der Waals surface area contributed by atoms with E-state index >= 15 is 0 Å². The van der Waals surface area contributed by atoms with Crippen molar-refractivity contribution in [3.8, 4) is 5.75 Å². The van der Waals surface area contributed by atoms with Gasteiger partial charge in [-0.1, -0.05) is 103 Å². The Morgan fingerprint density at radius 3 is 2.24 bits per heavy atom. The van der Waals surface area contributed by atoms with E-state index in [0.717, 1.165) is 30.8 Å². The second-order valence-corrected chi connectivity index (χ2v) is 13.1. The summed E-state index contributed by atoms with van der Waals surface area (Å²) in [6.45, 7) is 5.82. The molecule has 8 nitrogen and oxygen atoms in total. The highest BCUT2D eigenvalue weighted by Gasteiger charge is 2.17. The van der Waals surface area contributed by atoms with Crippen LogP contribution < -0.4 is 9.84 Å². The minimum Gasteiger partial charge on any atom is -0.447 e. The average molecular weight is 627 g/mol. The number of nitrogens with zero attached hydrogens (tertiary/aromatic N) is 1. The summed E-state index contributed by atoms with van der Waals surface area (Å²) in [5, 5.41) is 2.80. The fourth-order valence-corrected chi connectivity index (χ4v) is 6.12. The van der Waals surface area contributed by atoms with Crippen LogP contribution in [0.5, 0.6) is 5.75 Å². The molecule has 0 spiro atoms. The molecule has 1 amide bonds. The highest BCUT2D eigenvalue weighted by atomic mass is 32.2. The van der Waals surface area contributed by atoms with E-state index < -0.39 is 20.8 Å². The zero-order chi connectivity index (χ0) is 30.3. The Hall–Kier alpha value is -1.51. The molecule has 1 aromatic carbocycles. The Morgan fingerprint density at radius 2 is 1.64 bits per heavy atom. The minimum atomic E-state index is -2.15. The maximum Gasteiger partial charge on any atom is 0.407 e. The number of thioether (sulfide) groups is 1. The molecular formula is C32H55N2O6PS. The zero-order valence-electron chi connectivity index (χ0n) is 26.2. The molecule has 0 aliphatic carbocycles. The van der Waals surface area contributed by atoms with Crippen LogP contribution in [0.25, 0.3) is 0 Å². The molecule has 42 heavy (non-hydrogen) atoms. The van der Waals surface area contributed by atoms with E-state index in [9.17, 15) is 9.69 Å². The second kappa shape index (κ2) is 23.9. The zero-order valence-corrected chi connectivity index (χ0v) is 27.9. The van der Waals surface area contributed by atoms with Crippen molar-refractivity contribution in [2.45, 2.75) is 116 Å². The first-order valence-corrected chi connectivity index (χ1v) is 18.0. The van der Waals surface area contributed by atoms with Crippen LogP contribution in [0.4, 0.5) is 4.79 Å². The van der Waals surface area contributed by atoms with Crippen LogP contribution in [0, 0.1) is 0 Å². The number of benzene rings is 1. The number of alkyl carbamates (subject to hydrolysis) is 1. The molecule has 0 saturated heterocycles. The van der Waals surface area contributed by atoms with Crippen LogP contribution in [-0.4, -0.2) is 54.7 Å². The van der Waals surface area contributed by atoms with Crippen molar-refractivity contribution in [1.82, 2.24) is 10.2 Å². The van der Waals surface area contributed by atoms with Crippen LogP contribution in [-0.2, 0) is 20.5 Å². The lowest BCUT2D eigenvalue weighted by Crippen LogP contribution is -2.31. The van der Waals surface area contributed by atoms with E-state index in [-0.39, 0.29) is 13.2 Å². The molecule has 240 valence electrons. The van der Waals surface area contributed by atoms with E-state index in [0.29, 0.717) is 12.3 Å². The number of unbranched alkanes of at least 4 members (excludes halogenated alkanes) is 13. The summed E-state index contributed by atoms with van der Waals surface area (Å²) in [4.78, 5) is 25.8. The number of allylic oxidation sites excluding steroid dienone is 1. The third kappa shape index (κ3) is 18.2. The normalized spacial score (nSPS) is 14.5. The van der Waals surface area contributed by atoms with Crippen molar-refractivity contribution in [1.29, 1.82) is 0 Å². The first-order chi connectivity index (χ1) is 20.5. The Bertz CT molecular complexity index is 877. The summed E-state index contributed by atoms with van der Waals surface area (Å²) in [5.41, 5.74) is 1.09. The lowest BCUT2D eigenvalue weighted by Gasteiger charge is -2.18. The van der Waals surface area contributed by atoms with Gasteiger partial charge in [-0.2, -0.15) is 0 Å². The highest BCUT2D eigenvalue weighted by molar-refractivity contribution is 8.03. The number of nitrogens with one attached hydrogen (secondary N) is 1. The fraction of sp³-hybridized carbons (Fsp3) is 0.719. The first kappa shape index (κ1) is 36.7. The smallest absolute Gasteiger partial charge is 0.407 e. The van der Waals surface area contributed by atoms with Gasteiger partial charge in [0.15, 0.2) is 0 Å². The van der Waals surface area contributed by atoms with Gasteiger partial charge in [0.25, 0.3) is 0 Å². The van der Waals surface area contributed by atoms with Gasteiger partial charge in [-0.25, -0.2) is 4.79 Å². The molecular weight excluding hydrogens is 571 g/mol. The molecule has 0 fully saturated rings. The summed E-state index contributed by atoms with van der Waals surface area (Å²) in [6, 6.07) is 7.62. The van der Waals surface area contributed by atoms with Gasteiger partial charge < -0.3 is 29.1 Å². The third-order valence-corrected chi connectivity index (χ3v) is 8.95. The molecule has 1 heterocycles. The van der Waals surface area contributed by atoms with Crippen LogP contribution in [0.3, 0.4) is 0 Å². The van der Waals surface area contributed by atoms with E-state index in [1.807, 2.05) is 30.0 Å². The van der Waals surface area contributed by atoms with Gasteiger partial charge in [-0.05, 0) is 35.9 Å². The maximum atomic E-state index is 12.0. The minimum absolute atomic E-state index is 0.0283. The number of ether oxygens (including phenoxy) is 2. The van der Waals surface area contributed by atoms with Gasteiger partial charge >= 0.3 is 14.7 Å². The molecule has 2 atom stereocenters. The number of methoxy groups -OCH3 is 1. The molecule has 2 rings (SSSR count). The van der Waals surface area contributed by atoms with Gasteiger partial charge in [-0.15, -0.1) is 11.8 Å². The molecule has 2 N–H and O–H groups in total. The van der Waals surface area contributed by atoms with Gasteiger partial charge in [-0.3, -0.25) is 4.52 Å². The Morgan fingerprint density at radius 1 is 1.00 bits per heavy atom. The molecule has 0 radical (unpaired) electrons. The van der Waals surface area contributed by atoms with Gasteiger partial charge in [0.05, 0.1) is 12.5 Å². The van der Waals surface area contributed by atoms with Gasteiger partial charge in [0.2, 0.25) is 0 Å². The highest BCUT2D eigenvalue weighted by Crippen LogP contribution is 2.36. The van der Waals surface area contributed by atoms with Crippen molar-refractivity contribution >= 4 is 26.5 Å². The second-order valence-electron chi connectivity index (χ2n) is 11.0. The summed E-state index contributed by atoms with van der Waals surface area (Å²) >= 11 is 1.82. The molecule has 1 aliphatic heterocycles. The average Bonchev–Trinajstić information content (AvgIpc) is 3.39. The molecule has 0 saturated carbocycles. The quantitative estimate of drug-likeness (QED) is 0.0822. The summed E-state index contributed by atoms with van der Waals surface area (Å²) in [6.07, 6.45) is 19.4. The Balaban J connectivity index is 1.45. The molecule has 0 bridgehead atoms. The summed E-state index contributed by atoms with van der Waals surface area (Å²) in [7, 11) is -0.633. The Labute approximate surface area is 260 Å². The number of hydrogen-bond acceptors (Lipinski definition) is 8. The fourth-order valence-electron chi connectivity index (χ4n) is 4.72. The largest absolute Gasteiger partial charge is 0.447 e. The van der Waals surface area contributed by atoms with Gasteiger partial charge in [0, 0.05) is 26.4 Å². The Kier molecular flexibility index (Phi) is 20.9. The van der Waals surface area contributed by atoms with E-state index in [4.69, 9.17) is 18.5 Å². The van der Waals surface area contributed by atoms with E-state index in [1.165, 1.54) is 89.1 Å². The molecule has 10 heteroatoms. The van der Waals surface area contributed by atoms with Crippen LogP contribution >= 0.6 is 20.4 Å². The predicted octanol–water partition coefficient (Wildman–Crippen LogP) is 8.89. The maximum absolute atomic E-state index is 12.0. The van der Waals surface area contributed by atoms with Crippen molar-refractivity contribution in [2.75, 3.05) is 32.7 Å². The molecule has 1 aromatic rings. The topological polar surface area (TPSA) is 89.5 Å². The van der Waals surface area contributed by atoms with Gasteiger partial charge in [0.1, 0.15) is 18.5 Å². The van der Waals surface area contributed by atoms with E-state index in [1.54, 1.807) is 6.07 Å². The SMILES string of the molecule is CCCCCCCCCCCCCCCCNC(=O)OCC(COP(O)Oc1cccc(CN2C=C(C)SC2)c1)OC. The summed E-state index contributed by atoms with van der Waals surface area (Å²) in [5.74, 6) is 1.48. The third-order valence-electron chi connectivity index (χ3n) is 7.19. The number of carbonyl (C=O) groups excluding carboxylic acids is 1. The van der Waals surface area contributed by atoms with Crippen molar-refractivity contribution < 1.29 is 28.2 Å². The predicted molar refractivity (Wildman–Crippen MR) is 174 cm³/mol. The first-order valence-electron chi connectivity index (χ1n) is 15.9. The van der Waals surface area contributed by atoms with Crippen molar-refractivity contribution in [2.24, 2.45) is 0 Å². The standard InChI is InChI=1S/C32H55N2O6PS/c1-4-5-6-7-8-9-10-11-12-13-14-15-16-17-21-33-32(35)38-25-31(37-3)26-39-41(36)40-30-20-18-19-29(22-30)24-34-23-28(2)42-27-34/h18-20,22-23,31,36H,4-17,21,24-27H2,1-3H3,(H,33,35).